The molecule has 1 heteroatoms. The third-order valence-corrected chi connectivity index (χ3v) is 3.51. The van der Waals surface area contributed by atoms with Crippen molar-refractivity contribution in [1.29, 1.82) is 0 Å². The molecule has 0 fully saturated rings. The molecule has 2 rings (SSSR count). The molecule has 0 aliphatic carbocycles. The van der Waals surface area contributed by atoms with Gasteiger partial charge in [-0.1, -0.05) is 37.3 Å². The van der Waals surface area contributed by atoms with Crippen LogP contribution in [0.2, 0.25) is 0 Å². The van der Waals surface area contributed by atoms with Crippen molar-refractivity contribution >= 4 is 16.7 Å². The molecule has 1 aliphatic heterocycles. The Kier molecular flexibility index (Phi) is 2.74. The van der Waals surface area contributed by atoms with Crippen LogP contribution in [0.4, 0.5) is 0 Å². The normalized spacial score (nSPS) is 15.9. The minimum Gasteiger partial charge on any atom is -0.126 e. The highest BCUT2D eigenvalue weighted by Crippen LogP contribution is 2.33. The van der Waals surface area contributed by atoms with E-state index in [1.807, 2.05) is 11.8 Å². The first-order valence-electron chi connectivity index (χ1n) is 4.82. The van der Waals surface area contributed by atoms with Crippen LogP contribution in [0.3, 0.4) is 0 Å². The SMILES string of the molecule is CCc1ccc(C2=CCCS2)cc1. The Hall–Kier alpha value is -0.690. The van der Waals surface area contributed by atoms with Gasteiger partial charge >= 0.3 is 0 Å². The molecule has 0 nitrogen and oxygen atoms in total. The summed E-state index contributed by atoms with van der Waals surface area (Å²) in [6.45, 7) is 2.19. The van der Waals surface area contributed by atoms with E-state index >= 15 is 0 Å². The fourth-order valence-corrected chi connectivity index (χ4v) is 2.52. The van der Waals surface area contributed by atoms with E-state index in [0.717, 1.165) is 6.42 Å². The molecule has 0 bridgehead atoms. The average Bonchev–Trinajstić information content (AvgIpc) is 2.71. The smallest absolute Gasteiger partial charge is 0.0105 e. The fourth-order valence-electron chi connectivity index (χ4n) is 1.52. The molecule has 0 spiro atoms. The average molecular weight is 190 g/mol. The standard InChI is InChI=1S/C12H14S/c1-2-10-5-7-11(8-6-10)12-4-3-9-13-12/h4-8H,2-3,9H2,1H3. The van der Waals surface area contributed by atoms with Crippen molar-refractivity contribution in [3.63, 3.8) is 0 Å². The second-order valence-corrected chi connectivity index (χ2v) is 4.39. The van der Waals surface area contributed by atoms with Crippen LogP contribution in [0.1, 0.15) is 24.5 Å². The number of hydrogen-bond donors (Lipinski definition) is 0. The van der Waals surface area contributed by atoms with Gasteiger partial charge in [-0.2, -0.15) is 0 Å². The Morgan fingerprint density at radius 2 is 2.00 bits per heavy atom. The van der Waals surface area contributed by atoms with Crippen LogP contribution in [-0.2, 0) is 6.42 Å². The zero-order valence-corrected chi connectivity index (χ0v) is 8.73. The van der Waals surface area contributed by atoms with Crippen LogP contribution in [0.5, 0.6) is 0 Å². The first-order valence-corrected chi connectivity index (χ1v) is 5.81. The van der Waals surface area contributed by atoms with Crippen LogP contribution >= 0.6 is 11.8 Å². The molecular formula is C12H14S. The highest BCUT2D eigenvalue weighted by molar-refractivity contribution is 8.08. The minimum absolute atomic E-state index is 1.13. The van der Waals surface area contributed by atoms with Crippen LogP contribution in [-0.4, -0.2) is 5.75 Å². The van der Waals surface area contributed by atoms with Crippen molar-refractivity contribution in [2.45, 2.75) is 19.8 Å². The van der Waals surface area contributed by atoms with Gasteiger partial charge in [0.2, 0.25) is 0 Å². The number of rotatable bonds is 2. The van der Waals surface area contributed by atoms with E-state index in [4.69, 9.17) is 0 Å². The Morgan fingerprint density at radius 3 is 2.54 bits per heavy atom. The lowest BCUT2D eigenvalue weighted by atomic mass is 10.1. The minimum atomic E-state index is 1.13. The summed E-state index contributed by atoms with van der Waals surface area (Å²) < 4.78 is 0. The molecule has 0 amide bonds. The monoisotopic (exact) mass is 190 g/mol. The highest BCUT2D eigenvalue weighted by atomic mass is 32.2. The Morgan fingerprint density at radius 1 is 1.23 bits per heavy atom. The van der Waals surface area contributed by atoms with Crippen molar-refractivity contribution in [2.75, 3.05) is 5.75 Å². The first kappa shape index (κ1) is 8.89. The second-order valence-electron chi connectivity index (χ2n) is 3.26. The van der Waals surface area contributed by atoms with E-state index in [1.54, 1.807) is 0 Å². The summed E-state index contributed by atoms with van der Waals surface area (Å²) in [7, 11) is 0. The summed E-state index contributed by atoms with van der Waals surface area (Å²) in [5.74, 6) is 1.25. The molecule has 0 saturated heterocycles. The molecule has 1 aromatic rings. The van der Waals surface area contributed by atoms with Crippen molar-refractivity contribution in [3.05, 3.63) is 41.5 Å². The maximum atomic E-state index is 2.34. The van der Waals surface area contributed by atoms with Crippen LogP contribution in [0.15, 0.2) is 30.3 Å². The number of aryl methyl sites for hydroxylation is 1. The fraction of sp³-hybridized carbons (Fsp3) is 0.333. The van der Waals surface area contributed by atoms with E-state index < -0.39 is 0 Å². The third kappa shape index (κ3) is 1.97. The molecule has 0 saturated carbocycles. The van der Waals surface area contributed by atoms with Gasteiger partial charge in [-0.25, -0.2) is 0 Å². The van der Waals surface area contributed by atoms with Crippen molar-refractivity contribution in [2.24, 2.45) is 0 Å². The van der Waals surface area contributed by atoms with E-state index in [-0.39, 0.29) is 0 Å². The Bertz CT molecular complexity index is 308. The van der Waals surface area contributed by atoms with Crippen LogP contribution < -0.4 is 0 Å². The molecular weight excluding hydrogens is 176 g/mol. The van der Waals surface area contributed by atoms with Gasteiger partial charge in [0.1, 0.15) is 0 Å². The van der Waals surface area contributed by atoms with Crippen molar-refractivity contribution in [3.8, 4) is 0 Å². The number of allylic oxidation sites excluding steroid dienone is 1. The summed E-state index contributed by atoms with van der Waals surface area (Å²) >= 11 is 1.97. The molecule has 1 aliphatic rings. The quantitative estimate of drug-likeness (QED) is 0.684. The second kappa shape index (κ2) is 4.01. The van der Waals surface area contributed by atoms with E-state index in [0.29, 0.717) is 0 Å². The third-order valence-electron chi connectivity index (χ3n) is 2.35. The van der Waals surface area contributed by atoms with E-state index in [2.05, 4.69) is 37.3 Å². The molecule has 0 atom stereocenters. The summed E-state index contributed by atoms with van der Waals surface area (Å²) in [6, 6.07) is 8.94. The topological polar surface area (TPSA) is 0 Å². The summed E-state index contributed by atoms with van der Waals surface area (Å²) in [4.78, 5) is 1.46. The van der Waals surface area contributed by atoms with Gasteiger partial charge in [0.15, 0.2) is 0 Å². The molecule has 0 aromatic heterocycles. The lowest BCUT2D eigenvalue weighted by Crippen LogP contribution is -1.81. The maximum absolute atomic E-state index is 2.34. The van der Waals surface area contributed by atoms with Crippen LogP contribution in [0, 0.1) is 0 Å². The van der Waals surface area contributed by atoms with Gasteiger partial charge in [0.25, 0.3) is 0 Å². The van der Waals surface area contributed by atoms with Gasteiger partial charge in [-0.3, -0.25) is 0 Å². The Balaban J connectivity index is 2.22. The highest BCUT2D eigenvalue weighted by Gasteiger charge is 2.06. The molecule has 0 radical (unpaired) electrons. The van der Waals surface area contributed by atoms with E-state index in [9.17, 15) is 0 Å². The Labute approximate surface area is 84.0 Å². The summed E-state index contributed by atoms with van der Waals surface area (Å²) in [6.07, 6.45) is 4.70. The summed E-state index contributed by atoms with van der Waals surface area (Å²) in [5.41, 5.74) is 2.81. The van der Waals surface area contributed by atoms with Crippen molar-refractivity contribution in [1.82, 2.24) is 0 Å². The molecule has 13 heavy (non-hydrogen) atoms. The number of thioether (sulfide) groups is 1. The number of benzene rings is 1. The molecule has 1 heterocycles. The van der Waals surface area contributed by atoms with Crippen molar-refractivity contribution < 1.29 is 0 Å². The van der Waals surface area contributed by atoms with Gasteiger partial charge in [0.05, 0.1) is 0 Å². The largest absolute Gasteiger partial charge is 0.126 e. The lowest BCUT2D eigenvalue weighted by molar-refractivity contribution is 1.14. The van der Waals surface area contributed by atoms with Gasteiger partial charge in [-0.15, -0.1) is 11.8 Å². The number of hydrogen-bond acceptors (Lipinski definition) is 1. The molecule has 68 valence electrons. The van der Waals surface area contributed by atoms with Gasteiger partial charge in [0, 0.05) is 10.7 Å². The lowest BCUT2D eigenvalue weighted by Gasteiger charge is -2.02. The first-order chi connectivity index (χ1) is 6.40. The predicted octanol–water partition coefficient (Wildman–Crippen LogP) is 3.73. The molecule has 1 aromatic carbocycles. The summed E-state index contributed by atoms with van der Waals surface area (Å²) in [5, 5.41) is 0. The van der Waals surface area contributed by atoms with Crippen LogP contribution in [0.25, 0.3) is 4.91 Å². The molecule has 0 N–H and O–H groups in total. The van der Waals surface area contributed by atoms with Gasteiger partial charge in [-0.05, 0) is 24.0 Å². The van der Waals surface area contributed by atoms with Gasteiger partial charge < -0.3 is 0 Å². The zero-order chi connectivity index (χ0) is 9.10. The maximum Gasteiger partial charge on any atom is 0.0105 e. The zero-order valence-electron chi connectivity index (χ0n) is 7.92. The molecule has 0 unspecified atom stereocenters. The predicted molar refractivity (Wildman–Crippen MR) is 60.9 cm³/mol. The van der Waals surface area contributed by atoms with E-state index in [1.165, 1.54) is 28.2 Å².